The van der Waals surface area contributed by atoms with E-state index in [-0.39, 0.29) is 17.9 Å². The van der Waals surface area contributed by atoms with Crippen LogP contribution in [-0.4, -0.2) is 49.6 Å². The predicted octanol–water partition coefficient (Wildman–Crippen LogP) is 1.81. The molecule has 9 heteroatoms. The number of fused-ring (bicyclic) bond motifs is 3. The van der Waals surface area contributed by atoms with E-state index in [0.717, 1.165) is 32.1 Å². The Bertz CT molecular complexity index is 850. The number of anilines is 2. The molecular formula is C21H27ClN4O4. The van der Waals surface area contributed by atoms with Crippen LogP contribution < -0.4 is 21.3 Å². The van der Waals surface area contributed by atoms with Crippen molar-refractivity contribution in [1.29, 1.82) is 0 Å². The number of ether oxygens (including phenoxy) is 1. The van der Waals surface area contributed by atoms with Gasteiger partial charge < -0.3 is 26.0 Å². The van der Waals surface area contributed by atoms with Crippen LogP contribution in [0.4, 0.5) is 11.4 Å². The predicted molar refractivity (Wildman–Crippen MR) is 113 cm³/mol. The van der Waals surface area contributed by atoms with E-state index < -0.39 is 17.4 Å². The summed E-state index contributed by atoms with van der Waals surface area (Å²) in [4.78, 5) is 38.4. The molecule has 30 heavy (non-hydrogen) atoms. The van der Waals surface area contributed by atoms with Crippen molar-refractivity contribution in [3.8, 4) is 0 Å². The van der Waals surface area contributed by atoms with Crippen LogP contribution in [0.5, 0.6) is 0 Å². The van der Waals surface area contributed by atoms with Crippen LogP contribution in [-0.2, 0) is 19.1 Å². The van der Waals surface area contributed by atoms with Crippen LogP contribution in [0, 0.1) is 5.41 Å². The van der Waals surface area contributed by atoms with Crippen molar-refractivity contribution in [2.24, 2.45) is 11.1 Å². The maximum atomic E-state index is 12.4. The summed E-state index contributed by atoms with van der Waals surface area (Å²) < 4.78 is 6.02. The van der Waals surface area contributed by atoms with E-state index in [1.165, 1.54) is 0 Å². The third-order valence-corrected chi connectivity index (χ3v) is 7.03. The summed E-state index contributed by atoms with van der Waals surface area (Å²) in [6, 6.07) is 4.95. The third-order valence-electron chi connectivity index (χ3n) is 6.70. The van der Waals surface area contributed by atoms with Crippen molar-refractivity contribution in [2.75, 3.05) is 36.5 Å². The van der Waals surface area contributed by atoms with Gasteiger partial charge in [-0.25, -0.2) is 0 Å². The first kappa shape index (κ1) is 21.1. The molecule has 3 aliphatic heterocycles. The summed E-state index contributed by atoms with van der Waals surface area (Å²) in [5.41, 5.74) is 6.49. The maximum absolute atomic E-state index is 12.4. The molecule has 1 aromatic rings. The lowest BCUT2D eigenvalue weighted by atomic mass is 9.66. The normalized spacial score (nSPS) is 27.9. The molecule has 3 amide bonds. The van der Waals surface area contributed by atoms with E-state index in [1.807, 2.05) is 0 Å². The van der Waals surface area contributed by atoms with Crippen molar-refractivity contribution >= 4 is 40.7 Å². The Morgan fingerprint density at radius 2 is 1.97 bits per heavy atom. The van der Waals surface area contributed by atoms with Gasteiger partial charge in [0.2, 0.25) is 5.91 Å². The van der Waals surface area contributed by atoms with Crippen molar-refractivity contribution in [2.45, 2.75) is 44.1 Å². The number of amides is 3. The van der Waals surface area contributed by atoms with Crippen LogP contribution in [0.25, 0.3) is 0 Å². The average molecular weight is 435 g/mol. The van der Waals surface area contributed by atoms with E-state index in [0.29, 0.717) is 42.5 Å². The lowest BCUT2D eigenvalue weighted by Gasteiger charge is -2.52. The third kappa shape index (κ3) is 4.04. The van der Waals surface area contributed by atoms with Crippen molar-refractivity contribution < 1.29 is 19.1 Å². The largest absolute Gasteiger partial charge is 0.373 e. The highest BCUT2D eigenvalue weighted by Crippen LogP contribution is 2.47. The highest BCUT2D eigenvalue weighted by molar-refractivity contribution is 6.41. The second-order valence-corrected chi connectivity index (χ2v) is 9.03. The van der Waals surface area contributed by atoms with Crippen molar-refractivity contribution in [3.05, 3.63) is 23.2 Å². The zero-order chi connectivity index (χ0) is 21.4. The molecule has 0 unspecified atom stereocenters. The van der Waals surface area contributed by atoms with Gasteiger partial charge in [0.25, 0.3) is 0 Å². The van der Waals surface area contributed by atoms with E-state index in [9.17, 15) is 14.4 Å². The van der Waals surface area contributed by atoms with Crippen molar-refractivity contribution in [1.82, 2.24) is 5.32 Å². The molecule has 5 rings (SSSR count). The summed E-state index contributed by atoms with van der Waals surface area (Å²) >= 11 is 6.18. The lowest BCUT2D eigenvalue weighted by Crippen LogP contribution is -2.58. The summed E-state index contributed by atoms with van der Waals surface area (Å²) in [7, 11) is 0. The molecule has 0 radical (unpaired) electrons. The Balaban J connectivity index is 1.35. The summed E-state index contributed by atoms with van der Waals surface area (Å²) in [5.74, 6) is -1.51. The monoisotopic (exact) mass is 434 g/mol. The number of nitrogens with one attached hydrogen (secondary N) is 2. The molecule has 3 saturated heterocycles. The van der Waals surface area contributed by atoms with E-state index in [1.54, 1.807) is 23.1 Å². The highest BCUT2D eigenvalue weighted by Gasteiger charge is 2.49. The van der Waals surface area contributed by atoms with Gasteiger partial charge in [-0.1, -0.05) is 11.6 Å². The number of benzene rings is 1. The number of hydrogen-bond acceptors (Lipinski definition) is 5. The van der Waals surface area contributed by atoms with Crippen LogP contribution >= 0.6 is 11.6 Å². The quantitative estimate of drug-likeness (QED) is 0.611. The van der Waals surface area contributed by atoms with Crippen molar-refractivity contribution in [3.63, 3.8) is 0 Å². The SMILES string of the molecule is NCC12CCC(CNC(=O)C(=O)Nc3cc(N4CCCC4=O)ccc3Cl)(CC1)OC2. The number of nitrogens with zero attached hydrogens (tertiary/aromatic N) is 1. The minimum atomic E-state index is -0.805. The Hall–Kier alpha value is -2.16. The van der Waals surface area contributed by atoms with Gasteiger partial charge in [-0.2, -0.15) is 0 Å². The fourth-order valence-corrected chi connectivity index (χ4v) is 4.69. The van der Waals surface area contributed by atoms with Gasteiger partial charge in [-0.15, -0.1) is 0 Å². The van der Waals surface area contributed by atoms with Gasteiger partial charge in [-0.05, 0) is 50.3 Å². The standard InChI is InChI=1S/C21H27ClN4O4/c22-15-4-3-14(26-9-1-2-17(26)27)10-16(15)25-19(29)18(28)24-12-21-7-5-20(11-23,6-8-21)13-30-21/h3-4,10H,1-2,5-9,11-13,23H2,(H,24,28)(H,25,29). The molecule has 4 aliphatic rings. The Labute approximate surface area is 180 Å². The molecule has 1 aromatic carbocycles. The second kappa shape index (κ2) is 8.17. The number of hydrogen-bond donors (Lipinski definition) is 3. The topological polar surface area (TPSA) is 114 Å². The summed E-state index contributed by atoms with van der Waals surface area (Å²) in [6.07, 6.45) is 4.89. The van der Waals surface area contributed by atoms with Gasteiger partial charge in [0.05, 0.1) is 22.9 Å². The lowest BCUT2D eigenvalue weighted by molar-refractivity contribution is -0.178. The molecule has 162 valence electrons. The summed E-state index contributed by atoms with van der Waals surface area (Å²) in [5, 5.41) is 5.55. The molecule has 4 N–H and O–H groups in total. The number of nitrogens with two attached hydrogens (primary N) is 1. The molecule has 0 aromatic heterocycles. The van der Waals surface area contributed by atoms with Crippen LogP contribution in [0.2, 0.25) is 5.02 Å². The number of halogens is 1. The smallest absolute Gasteiger partial charge is 0.313 e. The molecule has 2 bridgehead atoms. The molecule has 1 aliphatic carbocycles. The van der Waals surface area contributed by atoms with E-state index >= 15 is 0 Å². The minimum Gasteiger partial charge on any atom is -0.373 e. The van der Waals surface area contributed by atoms with Crippen LogP contribution in [0.15, 0.2) is 18.2 Å². The first-order chi connectivity index (χ1) is 14.4. The Kier molecular flexibility index (Phi) is 5.74. The molecule has 1 saturated carbocycles. The highest BCUT2D eigenvalue weighted by atomic mass is 35.5. The molecular weight excluding hydrogens is 408 g/mol. The fourth-order valence-electron chi connectivity index (χ4n) is 4.52. The molecule has 8 nitrogen and oxygen atoms in total. The number of carbonyl (C=O) groups excluding carboxylic acids is 3. The van der Waals surface area contributed by atoms with Crippen LogP contribution in [0.1, 0.15) is 38.5 Å². The number of carbonyl (C=O) groups is 3. The first-order valence-corrected chi connectivity index (χ1v) is 10.8. The average Bonchev–Trinajstić information content (AvgIpc) is 3.20. The van der Waals surface area contributed by atoms with Gasteiger partial charge in [0, 0.05) is 37.2 Å². The Morgan fingerprint density at radius 3 is 2.57 bits per heavy atom. The molecule has 3 heterocycles. The van der Waals surface area contributed by atoms with Gasteiger partial charge >= 0.3 is 11.8 Å². The zero-order valence-electron chi connectivity index (χ0n) is 16.8. The zero-order valence-corrected chi connectivity index (χ0v) is 17.6. The second-order valence-electron chi connectivity index (χ2n) is 8.63. The van der Waals surface area contributed by atoms with E-state index in [2.05, 4.69) is 10.6 Å². The molecule has 4 fully saturated rings. The Morgan fingerprint density at radius 1 is 1.20 bits per heavy atom. The molecule has 0 atom stereocenters. The first-order valence-electron chi connectivity index (χ1n) is 10.4. The van der Waals surface area contributed by atoms with E-state index in [4.69, 9.17) is 22.1 Å². The van der Waals surface area contributed by atoms with Gasteiger partial charge in [-0.3, -0.25) is 14.4 Å². The molecule has 0 spiro atoms. The van der Waals surface area contributed by atoms with Gasteiger partial charge in [0.1, 0.15) is 0 Å². The van der Waals surface area contributed by atoms with Crippen LogP contribution in [0.3, 0.4) is 0 Å². The minimum absolute atomic E-state index is 0.0326. The fraction of sp³-hybridized carbons (Fsp3) is 0.571. The summed E-state index contributed by atoms with van der Waals surface area (Å²) in [6.45, 7) is 2.13. The maximum Gasteiger partial charge on any atom is 0.313 e. The number of rotatable bonds is 5. The van der Waals surface area contributed by atoms with Gasteiger partial charge in [0.15, 0.2) is 0 Å².